The van der Waals surface area contributed by atoms with Gasteiger partial charge >= 0.3 is 0 Å². The van der Waals surface area contributed by atoms with E-state index < -0.39 is 0 Å². The van der Waals surface area contributed by atoms with Crippen molar-refractivity contribution in [2.75, 3.05) is 6.26 Å². The second-order valence-electron chi connectivity index (χ2n) is 2.57. The predicted molar refractivity (Wildman–Crippen MR) is 62.1 cm³/mol. The van der Waals surface area contributed by atoms with E-state index in [1.807, 2.05) is 6.20 Å². The van der Waals surface area contributed by atoms with E-state index in [1.54, 1.807) is 23.1 Å². The number of aromatic nitrogens is 4. The molecule has 0 aromatic carbocycles. The molecule has 2 aromatic heterocycles. The summed E-state index contributed by atoms with van der Waals surface area (Å²) in [6.45, 7) is 0. The van der Waals surface area contributed by atoms with Crippen LogP contribution in [0.3, 0.4) is 0 Å². The summed E-state index contributed by atoms with van der Waals surface area (Å²) in [6, 6.07) is 0. The second-order valence-corrected chi connectivity index (χ2v) is 4.93. The highest BCUT2D eigenvalue weighted by Crippen LogP contribution is 2.24. The summed E-state index contributed by atoms with van der Waals surface area (Å²) in [5.74, 6) is 1.70. The van der Waals surface area contributed by atoms with Gasteiger partial charge < -0.3 is 0 Å². The number of hydrogen-bond acceptors (Lipinski definition) is 5. The molecule has 0 saturated heterocycles. The number of aromatic amines is 2. The molecule has 0 bridgehead atoms. The van der Waals surface area contributed by atoms with Gasteiger partial charge in [0.25, 0.3) is 0 Å². The zero-order valence-corrected chi connectivity index (χ0v) is 9.85. The van der Waals surface area contributed by atoms with Gasteiger partial charge in [0, 0.05) is 11.9 Å². The maximum absolute atomic E-state index is 4.87. The summed E-state index contributed by atoms with van der Waals surface area (Å²) in [5.41, 5.74) is 0. The van der Waals surface area contributed by atoms with Crippen LogP contribution in [0, 0.1) is 4.77 Å². The van der Waals surface area contributed by atoms with Crippen molar-refractivity contribution < 1.29 is 0 Å². The Hall–Kier alpha value is -0.660. The normalized spacial score (nSPS) is 10.6. The highest BCUT2D eigenvalue weighted by Gasteiger charge is 2.06. The largest absolute Gasteiger partial charge is 0.281 e. The molecule has 0 fully saturated rings. The Morgan fingerprint density at radius 1 is 1.57 bits per heavy atom. The van der Waals surface area contributed by atoms with E-state index in [0.29, 0.717) is 4.77 Å². The molecular weight excluding hydrogens is 236 g/mol. The van der Waals surface area contributed by atoms with Gasteiger partial charge in [-0.1, -0.05) is 0 Å². The fraction of sp³-hybridized carbons (Fsp3) is 0.286. The van der Waals surface area contributed by atoms with Crippen molar-refractivity contribution in [2.45, 2.75) is 5.75 Å². The summed E-state index contributed by atoms with van der Waals surface area (Å²) >= 11 is 8.26. The maximum atomic E-state index is 4.87. The average Bonchev–Trinajstić information content (AvgIpc) is 2.74. The van der Waals surface area contributed by atoms with Gasteiger partial charge in [-0.05, 0) is 18.5 Å². The standard InChI is InChI=1S/C7H8N4S3/c1-13-3-5-8-2-4(14-5)6-9-7(12)11-10-6/h2H,3H2,1H3,(H2,9,10,11,12). The number of rotatable bonds is 3. The van der Waals surface area contributed by atoms with E-state index in [2.05, 4.69) is 26.4 Å². The van der Waals surface area contributed by atoms with Gasteiger partial charge in [-0.15, -0.1) is 11.3 Å². The van der Waals surface area contributed by atoms with E-state index >= 15 is 0 Å². The number of hydrogen-bond donors (Lipinski definition) is 2. The molecule has 2 heterocycles. The lowest BCUT2D eigenvalue weighted by Gasteiger charge is -1.87. The third kappa shape index (κ3) is 2.05. The zero-order valence-electron chi connectivity index (χ0n) is 7.40. The lowest BCUT2D eigenvalue weighted by atomic mass is 10.5. The smallest absolute Gasteiger partial charge is 0.213 e. The molecule has 7 heteroatoms. The molecule has 0 amide bonds. The van der Waals surface area contributed by atoms with Crippen LogP contribution in [0.2, 0.25) is 0 Å². The summed E-state index contributed by atoms with van der Waals surface area (Å²) < 4.78 is 0.472. The Bertz CT molecular complexity index is 469. The molecule has 0 spiro atoms. The fourth-order valence-corrected chi connectivity index (χ4v) is 2.71. The molecule has 74 valence electrons. The first kappa shape index (κ1) is 9.88. The van der Waals surface area contributed by atoms with E-state index in [0.717, 1.165) is 21.5 Å². The molecule has 0 aliphatic rings. The first-order valence-corrected chi connectivity index (χ1v) is 6.50. The summed E-state index contributed by atoms with van der Waals surface area (Å²) in [6.07, 6.45) is 3.88. The Morgan fingerprint density at radius 3 is 3.07 bits per heavy atom. The minimum absolute atomic E-state index is 0.472. The maximum Gasteiger partial charge on any atom is 0.213 e. The van der Waals surface area contributed by atoms with Crippen molar-refractivity contribution in [3.63, 3.8) is 0 Å². The first-order chi connectivity index (χ1) is 6.79. The van der Waals surface area contributed by atoms with Crippen LogP contribution in [0.4, 0.5) is 0 Å². The zero-order chi connectivity index (χ0) is 9.97. The van der Waals surface area contributed by atoms with Gasteiger partial charge in [-0.25, -0.2) is 4.98 Å². The SMILES string of the molecule is CSCc1ncc(-c2nc(=S)[nH][nH]2)s1. The van der Waals surface area contributed by atoms with Crippen LogP contribution in [0.5, 0.6) is 0 Å². The highest BCUT2D eigenvalue weighted by molar-refractivity contribution is 7.97. The van der Waals surface area contributed by atoms with Gasteiger partial charge in [0.05, 0.1) is 4.88 Å². The quantitative estimate of drug-likeness (QED) is 0.814. The molecule has 4 nitrogen and oxygen atoms in total. The molecule has 0 saturated carbocycles. The van der Waals surface area contributed by atoms with Crippen LogP contribution in [0.25, 0.3) is 10.7 Å². The Morgan fingerprint density at radius 2 is 2.43 bits per heavy atom. The van der Waals surface area contributed by atoms with Gasteiger partial charge in [-0.2, -0.15) is 16.7 Å². The van der Waals surface area contributed by atoms with Gasteiger partial charge in [0.15, 0.2) is 5.82 Å². The lowest BCUT2D eigenvalue weighted by molar-refractivity contribution is 1.08. The van der Waals surface area contributed by atoms with Gasteiger partial charge in [0.1, 0.15) is 5.01 Å². The third-order valence-corrected chi connectivity index (χ3v) is 3.50. The average molecular weight is 244 g/mol. The van der Waals surface area contributed by atoms with E-state index in [4.69, 9.17) is 12.2 Å². The molecule has 2 rings (SSSR count). The Labute approximate surface area is 94.2 Å². The van der Waals surface area contributed by atoms with Gasteiger partial charge in [-0.3, -0.25) is 10.2 Å². The number of thioether (sulfide) groups is 1. The molecular formula is C7H8N4S3. The second kappa shape index (κ2) is 4.24. The van der Waals surface area contributed by atoms with Crippen LogP contribution in [0.1, 0.15) is 5.01 Å². The summed E-state index contributed by atoms with van der Waals surface area (Å²) in [4.78, 5) is 9.42. The van der Waals surface area contributed by atoms with Crippen molar-refractivity contribution in [1.82, 2.24) is 20.2 Å². The molecule has 0 aliphatic heterocycles. The van der Waals surface area contributed by atoms with Crippen LogP contribution < -0.4 is 0 Å². The lowest BCUT2D eigenvalue weighted by Crippen LogP contribution is -1.73. The third-order valence-electron chi connectivity index (χ3n) is 1.56. The summed E-state index contributed by atoms with van der Waals surface area (Å²) in [7, 11) is 0. The Kier molecular flexibility index (Phi) is 2.99. The predicted octanol–water partition coefficient (Wildman–Crippen LogP) is 2.45. The highest BCUT2D eigenvalue weighted by atomic mass is 32.2. The number of H-pyrrole nitrogens is 2. The molecule has 0 atom stereocenters. The number of nitrogens with one attached hydrogen (secondary N) is 2. The number of nitrogens with zero attached hydrogens (tertiary/aromatic N) is 2. The van der Waals surface area contributed by atoms with E-state index in [1.165, 1.54) is 0 Å². The van der Waals surface area contributed by atoms with E-state index in [9.17, 15) is 0 Å². The fourth-order valence-electron chi connectivity index (χ4n) is 0.997. The van der Waals surface area contributed by atoms with Crippen LogP contribution >= 0.6 is 35.3 Å². The minimum atomic E-state index is 0.472. The monoisotopic (exact) mass is 244 g/mol. The molecule has 14 heavy (non-hydrogen) atoms. The summed E-state index contributed by atoms with van der Waals surface area (Å²) in [5, 5.41) is 6.77. The molecule has 2 N–H and O–H groups in total. The molecule has 0 unspecified atom stereocenters. The van der Waals surface area contributed by atoms with Crippen molar-refractivity contribution in [3.8, 4) is 10.7 Å². The van der Waals surface area contributed by atoms with Crippen LogP contribution in [-0.2, 0) is 5.75 Å². The number of thiazole rings is 1. The van der Waals surface area contributed by atoms with Crippen LogP contribution in [0.15, 0.2) is 6.20 Å². The van der Waals surface area contributed by atoms with Crippen LogP contribution in [-0.4, -0.2) is 26.4 Å². The van der Waals surface area contributed by atoms with Crippen molar-refractivity contribution >= 4 is 35.3 Å². The van der Waals surface area contributed by atoms with Crippen molar-refractivity contribution in [3.05, 3.63) is 16.0 Å². The minimum Gasteiger partial charge on any atom is -0.281 e. The molecule has 2 aromatic rings. The van der Waals surface area contributed by atoms with E-state index in [-0.39, 0.29) is 0 Å². The molecule has 0 radical (unpaired) electrons. The molecule has 0 aliphatic carbocycles. The first-order valence-electron chi connectivity index (χ1n) is 3.88. The topological polar surface area (TPSA) is 57.4 Å². The Balaban J connectivity index is 2.28. The van der Waals surface area contributed by atoms with Gasteiger partial charge in [0.2, 0.25) is 4.77 Å². The van der Waals surface area contributed by atoms with Crippen molar-refractivity contribution in [1.29, 1.82) is 0 Å². The van der Waals surface area contributed by atoms with Crippen molar-refractivity contribution in [2.24, 2.45) is 0 Å².